The van der Waals surface area contributed by atoms with Crippen LogP contribution in [0.2, 0.25) is 0 Å². The van der Waals surface area contributed by atoms with E-state index in [-0.39, 0.29) is 6.10 Å². The van der Waals surface area contributed by atoms with Gasteiger partial charge in [-0.25, -0.2) is 4.98 Å². The van der Waals surface area contributed by atoms with E-state index in [1.54, 1.807) is 11.7 Å². The van der Waals surface area contributed by atoms with Crippen LogP contribution in [0.1, 0.15) is 30.8 Å². The third-order valence-corrected chi connectivity index (χ3v) is 4.27. The number of hydrogen-bond donors (Lipinski definition) is 2. The summed E-state index contributed by atoms with van der Waals surface area (Å²) < 4.78 is 13.4. The van der Waals surface area contributed by atoms with Crippen molar-refractivity contribution in [2.75, 3.05) is 13.7 Å². The Kier molecular flexibility index (Phi) is 5.60. The fourth-order valence-electron chi connectivity index (χ4n) is 2.95. The average molecular weight is 358 g/mol. The zero-order valence-corrected chi connectivity index (χ0v) is 15.7. The topological polar surface area (TPSA) is 85.6 Å². The first-order chi connectivity index (χ1) is 12.6. The van der Waals surface area contributed by atoms with Gasteiger partial charge in [-0.3, -0.25) is 9.67 Å². The highest BCUT2D eigenvalue weighted by atomic mass is 16.5. The van der Waals surface area contributed by atoms with Gasteiger partial charge in [0, 0.05) is 38.2 Å². The molecule has 0 radical (unpaired) electrons. The third kappa shape index (κ3) is 4.07. The number of benzene rings is 1. The number of rotatable bonds is 6. The van der Waals surface area contributed by atoms with Crippen molar-refractivity contribution >= 4 is 5.96 Å². The van der Waals surface area contributed by atoms with E-state index in [1.807, 2.05) is 14.0 Å². The number of hydrogen-bond acceptors (Lipinski definition) is 5. The van der Waals surface area contributed by atoms with Gasteiger partial charge < -0.3 is 20.1 Å². The summed E-state index contributed by atoms with van der Waals surface area (Å²) in [7, 11) is 3.60. The lowest BCUT2D eigenvalue weighted by molar-refractivity contribution is 0.254. The molecule has 1 atom stereocenters. The van der Waals surface area contributed by atoms with Gasteiger partial charge in [-0.05, 0) is 26.0 Å². The number of guanidine groups is 1. The second-order valence-corrected chi connectivity index (χ2v) is 6.21. The molecule has 0 saturated heterocycles. The SMILES string of the molecule is CCOc1cc2c(cc1CNC(=NC)NCc1ncnn1C)OC(C)C2. The predicted molar refractivity (Wildman–Crippen MR) is 99.4 cm³/mol. The lowest BCUT2D eigenvalue weighted by atomic mass is 10.1. The van der Waals surface area contributed by atoms with E-state index in [0.717, 1.165) is 29.3 Å². The molecule has 140 valence electrons. The van der Waals surface area contributed by atoms with Crippen LogP contribution in [0.15, 0.2) is 23.5 Å². The molecule has 0 aliphatic carbocycles. The lowest BCUT2D eigenvalue weighted by Gasteiger charge is -2.15. The van der Waals surface area contributed by atoms with Gasteiger partial charge in [0.2, 0.25) is 0 Å². The Balaban J connectivity index is 1.65. The van der Waals surface area contributed by atoms with Crippen molar-refractivity contribution in [3.63, 3.8) is 0 Å². The summed E-state index contributed by atoms with van der Waals surface area (Å²) in [6.45, 7) is 5.82. The first-order valence-electron chi connectivity index (χ1n) is 8.83. The third-order valence-electron chi connectivity index (χ3n) is 4.27. The molecule has 1 unspecified atom stereocenters. The zero-order chi connectivity index (χ0) is 18.5. The molecule has 0 spiro atoms. The Bertz CT molecular complexity index is 786. The summed E-state index contributed by atoms with van der Waals surface area (Å²) in [4.78, 5) is 8.45. The highest BCUT2D eigenvalue weighted by Gasteiger charge is 2.21. The minimum absolute atomic E-state index is 0.212. The monoisotopic (exact) mass is 358 g/mol. The summed E-state index contributed by atoms with van der Waals surface area (Å²) in [6.07, 6.45) is 2.67. The molecule has 0 saturated carbocycles. The van der Waals surface area contributed by atoms with Crippen LogP contribution in [-0.2, 0) is 26.6 Å². The van der Waals surface area contributed by atoms with Crippen LogP contribution < -0.4 is 20.1 Å². The summed E-state index contributed by atoms with van der Waals surface area (Å²) >= 11 is 0. The van der Waals surface area contributed by atoms with Gasteiger partial charge in [0.25, 0.3) is 0 Å². The maximum absolute atomic E-state index is 5.88. The molecule has 8 heteroatoms. The van der Waals surface area contributed by atoms with Crippen molar-refractivity contribution in [1.82, 2.24) is 25.4 Å². The quantitative estimate of drug-likeness (QED) is 0.600. The van der Waals surface area contributed by atoms with Crippen LogP contribution in [0.4, 0.5) is 0 Å². The van der Waals surface area contributed by atoms with E-state index in [2.05, 4.69) is 44.8 Å². The number of nitrogens with one attached hydrogen (secondary N) is 2. The maximum atomic E-state index is 5.88. The molecule has 1 aliphatic rings. The summed E-state index contributed by atoms with van der Waals surface area (Å²) in [5.41, 5.74) is 2.25. The molecule has 2 N–H and O–H groups in total. The van der Waals surface area contributed by atoms with E-state index < -0.39 is 0 Å². The van der Waals surface area contributed by atoms with Crippen LogP contribution in [0.5, 0.6) is 11.5 Å². The Morgan fingerprint density at radius 3 is 2.88 bits per heavy atom. The van der Waals surface area contributed by atoms with Gasteiger partial charge >= 0.3 is 0 Å². The second-order valence-electron chi connectivity index (χ2n) is 6.21. The van der Waals surface area contributed by atoms with E-state index in [4.69, 9.17) is 9.47 Å². The number of fused-ring (bicyclic) bond motifs is 1. The molecule has 1 aliphatic heterocycles. The van der Waals surface area contributed by atoms with E-state index in [0.29, 0.717) is 25.7 Å². The first-order valence-corrected chi connectivity index (χ1v) is 8.83. The fourth-order valence-corrected chi connectivity index (χ4v) is 2.95. The Labute approximate surface area is 153 Å². The first kappa shape index (κ1) is 18.0. The molecule has 1 aromatic heterocycles. The van der Waals surface area contributed by atoms with Crippen molar-refractivity contribution in [3.8, 4) is 11.5 Å². The van der Waals surface area contributed by atoms with E-state index in [9.17, 15) is 0 Å². The minimum atomic E-state index is 0.212. The van der Waals surface area contributed by atoms with E-state index in [1.165, 1.54) is 11.9 Å². The van der Waals surface area contributed by atoms with Crippen LogP contribution in [0, 0.1) is 0 Å². The van der Waals surface area contributed by atoms with Crippen LogP contribution in [0.3, 0.4) is 0 Å². The smallest absolute Gasteiger partial charge is 0.191 e. The number of aliphatic imine (C=N–C) groups is 1. The normalized spacial score (nSPS) is 16.2. The second kappa shape index (κ2) is 8.07. The molecule has 2 heterocycles. The molecule has 0 fully saturated rings. The molecule has 2 aromatic rings. The van der Waals surface area contributed by atoms with Gasteiger partial charge in [0.15, 0.2) is 5.96 Å². The Hall–Kier alpha value is -2.77. The van der Waals surface area contributed by atoms with Crippen molar-refractivity contribution in [3.05, 3.63) is 35.4 Å². The molecule has 8 nitrogen and oxygen atoms in total. The van der Waals surface area contributed by atoms with Gasteiger partial charge in [-0.15, -0.1) is 0 Å². The molecular weight excluding hydrogens is 332 g/mol. The average Bonchev–Trinajstić information content (AvgIpc) is 3.19. The highest BCUT2D eigenvalue weighted by Crippen LogP contribution is 2.35. The van der Waals surface area contributed by atoms with Crippen LogP contribution >= 0.6 is 0 Å². The van der Waals surface area contributed by atoms with E-state index >= 15 is 0 Å². The maximum Gasteiger partial charge on any atom is 0.191 e. The van der Waals surface area contributed by atoms with Gasteiger partial charge in [-0.1, -0.05) is 0 Å². The number of aromatic nitrogens is 3. The number of ether oxygens (including phenoxy) is 2. The van der Waals surface area contributed by atoms with Crippen molar-refractivity contribution in [2.45, 2.75) is 39.5 Å². The fraction of sp³-hybridized carbons (Fsp3) is 0.500. The molecule has 3 rings (SSSR count). The molecule has 0 amide bonds. The number of nitrogens with zero attached hydrogens (tertiary/aromatic N) is 4. The standard InChI is InChI=1S/C18H26N6O2/c1-5-25-15-7-13-6-12(2)26-16(13)8-14(15)9-20-18(19-3)21-10-17-22-11-23-24(17)4/h7-8,11-12H,5-6,9-10H2,1-4H3,(H2,19,20,21). The van der Waals surface area contributed by atoms with Gasteiger partial charge in [0.05, 0.1) is 13.2 Å². The van der Waals surface area contributed by atoms with Crippen molar-refractivity contribution < 1.29 is 9.47 Å². The van der Waals surface area contributed by atoms with Crippen LogP contribution in [0.25, 0.3) is 0 Å². The largest absolute Gasteiger partial charge is 0.494 e. The molecular formula is C18H26N6O2. The van der Waals surface area contributed by atoms with Crippen molar-refractivity contribution in [1.29, 1.82) is 0 Å². The summed E-state index contributed by atoms with van der Waals surface area (Å²) in [5.74, 6) is 3.35. The van der Waals surface area contributed by atoms with Crippen molar-refractivity contribution in [2.24, 2.45) is 12.0 Å². The Morgan fingerprint density at radius 2 is 2.19 bits per heavy atom. The lowest BCUT2D eigenvalue weighted by Crippen LogP contribution is -2.37. The van der Waals surface area contributed by atoms with Gasteiger partial charge in [0.1, 0.15) is 29.8 Å². The number of aryl methyl sites for hydroxylation is 1. The summed E-state index contributed by atoms with van der Waals surface area (Å²) in [5, 5.41) is 10.6. The van der Waals surface area contributed by atoms with Gasteiger partial charge in [-0.2, -0.15) is 5.10 Å². The minimum Gasteiger partial charge on any atom is -0.494 e. The molecule has 1 aromatic carbocycles. The zero-order valence-electron chi connectivity index (χ0n) is 15.7. The van der Waals surface area contributed by atoms with Crippen LogP contribution in [-0.4, -0.2) is 40.5 Å². The predicted octanol–water partition coefficient (Wildman–Crippen LogP) is 1.40. The molecule has 0 bridgehead atoms. The Morgan fingerprint density at radius 1 is 1.38 bits per heavy atom. The summed E-state index contributed by atoms with van der Waals surface area (Å²) in [6, 6.07) is 4.15. The highest BCUT2D eigenvalue weighted by molar-refractivity contribution is 5.79. The molecule has 26 heavy (non-hydrogen) atoms.